The number of carboxylic acids is 1. The van der Waals surface area contributed by atoms with Crippen molar-refractivity contribution in [3.05, 3.63) is 24.0 Å². The van der Waals surface area contributed by atoms with Gasteiger partial charge in [0.2, 0.25) is 0 Å². The molecular formula is C6H8N2O2. The molecule has 0 aliphatic rings. The lowest BCUT2D eigenvalue weighted by molar-refractivity contribution is -0.138. The van der Waals surface area contributed by atoms with Gasteiger partial charge < -0.3 is 15.8 Å². The molecule has 4 nitrogen and oxygen atoms in total. The highest BCUT2D eigenvalue weighted by atomic mass is 16.4. The van der Waals surface area contributed by atoms with Gasteiger partial charge in [0.1, 0.15) is 6.04 Å². The quantitative estimate of drug-likeness (QED) is 0.545. The molecule has 0 bridgehead atoms. The van der Waals surface area contributed by atoms with Gasteiger partial charge in [-0.1, -0.05) is 0 Å². The number of hydrogen-bond acceptors (Lipinski definition) is 2. The smallest absolute Gasteiger partial charge is 0.326 e. The maximum Gasteiger partial charge on any atom is 0.326 e. The molecule has 0 unspecified atom stereocenters. The Morgan fingerprint density at radius 2 is 2.50 bits per heavy atom. The highest BCUT2D eigenvalue weighted by Gasteiger charge is 2.13. The van der Waals surface area contributed by atoms with Crippen molar-refractivity contribution in [3.8, 4) is 0 Å². The Kier molecular flexibility index (Phi) is 1.73. The van der Waals surface area contributed by atoms with Gasteiger partial charge >= 0.3 is 5.97 Å². The van der Waals surface area contributed by atoms with Crippen molar-refractivity contribution < 1.29 is 9.90 Å². The number of aromatic amines is 1. The molecule has 1 aromatic heterocycles. The average Bonchev–Trinajstić information content (AvgIpc) is 2.36. The standard InChI is InChI=1S/C6H8N2O2/c7-5(6(9)10)4-2-1-3-8-4/h1-3,5,8H,7H2,(H,9,10)/t5-/m0/s1. The minimum Gasteiger partial charge on any atom is -0.480 e. The van der Waals surface area contributed by atoms with E-state index in [0.29, 0.717) is 5.69 Å². The van der Waals surface area contributed by atoms with Crippen LogP contribution in [0.25, 0.3) is 0 Å². The Labute approximate surface area is 57.7 Å². The lowest BCUT2D eigenvalue weighted by Gasteiger charge is -2.01. The second-order valence-electron chi connectivity index (χ2n) is 1.94. The van der Waals surface area contributed by atoms with Gasteiger partial charge in [0.15, 0.2) is 0 Å². The van der Waals surface area contributed by atoms with Crippen molar-refractivity contribution in [2.75, 3.05) is 0 Å². The first-order chi connectivity index (χ1) is 4.72. The average molecular weight is 140 g/mol. The molecule has 0 amide bonds. The Bertz CT molecular complexity index is 218. The van der Waals surface area contributed by atoms with E-state index in [2.05, 4.69) is 4.98 Å². The zero-order chi connectivity index (χ0) is 7.56. The Balaban J connectivity index is 2.77. The maximum atomic E-state index is 10.3. The van der Waals surface area contributed by atoms with Crippen molar-refractivity contribution in [3.63, 3.8) is 0 Å². The zero-order valence-electron chi connectivity index (χ0n) is 5.24. The first-order valence-corrected chi connectivity index (χ1v) is 2.83. The Hall–Kier alpha value is -1.29. The summed E-state index contributed by atoms with van der Waals surface area (Å²) in [7, 11) is 0. The third-order valence-electron chi connectivity index (χ3n) is 1.22. The molecule has 1 heterocycles. The maximum absolute atomic E-state index is 10.3. The molecule has 4 N–H and O–H groups in total. The monoisotopic (exact) mass is 140 g/mol. The first kappa shape index (κ1) is 6.82. The van der Waals surface area contributed by atoms with Crippen molar-refractivity contribution in [2.45, 2.75) is 6.04 Å². The third-order valence-corrected chi connectivity index (χ3v) is 1.22. The third kappa shape index (κ3) is 1.16. The Morgan fingerprint density at radius 1 is 1.80 bits per heavy atom. The molecular weight excluding hydrogens is 132 g/mol. The van der Waals surface area contributed by atoms with Gasteiger partial charge in [-0.15, -0.1) is 0 Å². The first-order valence-electron chi connectivity index (χ1n) is 2.83. The summed E-state index contributed by atoms with van der Waals surface area (Å²) in [6.45, 7) is 0. The number of carbonyl (C=O) groups is 1. The van der Waals surface area contributed by atoms with Gasteiger partial charge in [0.05, 0.1) is 0 Å². The summed E-state index contributed by atoms with van der Waals surface area (Å²) in [5.41, 5.74) is 5.77. The van der Waals surface area contributed by atoms with E-state index in [1.165, 1.54) is 0 Å². The number of H-pyrrole nitrogens is 1. The van der Waals surface area contributed by atoms with Crippen molar-refractivity contribution in [1.82, 2.24) is 4.98 Å². The summed E-state index contributed by atoms with van der Waals surface area (Å²) in [4.78, 5) is 13.0. The summed E-state index contributed by atoms with van der Waals surface area (Å²) >= 11 is 0. The van der Waals surface area contributed by atoms with Gasteiger partial charge in [-0.2, -0.15) is 0 Å². The fraction of sp³-hybridized carbons (Fsp3) is 0.167. The number of rotatable bonds is 2. The van der Waals surface area contributed by atoms with Gasteiger partial charge in [-0.3, -0.25) is 4.79 Å². The van der Waals surface area contributed by atoms with E-state index in [4.69, 9.17) is 10.8 Å². The normalized spacial score (nSPS) is 12.9. The molecule has 1 atom stereocenters. The fourth-order valence-electron chi connectivity index (χ4n) is 0.671. The molecule has 0 saturated carbocycles. The van der Waals surface area contributed by atoms with Crippen LogP contribution in [0, 0.1) is 0 Å². The van der Waals surface area contributed by atoms with Gasteiger partial charge in [0, 0.05) is 11.9 Å². The zero-order valence-corrected chi connectivity index (χ0v) is 5.24. The number of nitrogens with two attached hydrogens (primary N) is 1. The second-order valence-corrected chi connectivity index (χ2v) is 1.94. The molecule has 4 heteroatoms. The van der Waals surface area contributed by atoms with E-state index >= 15 is 0 Å². The summed E-state index contributed by atoms with van der Waals surface area (Å²) in [6.07, 6.45) is 1.64. The molecule has 10 heavy (non-hydrogen) atoms. The van der Waals surface area contributed by atoms with E-state index in [9.17, 15) is 4.79 Å². The van der Waals surface area contributed by atoms with Crippen molar-refractivity contribution in [1.29, 1.82) is 0 Å². The number of aromatic nitrogens is 1. The van der Waals surface area contributed by atoms with Crippen LogP contribution in [0.4, 0.5) is 0 Å². The molecule has 0 aliphatic carbocycles. The van der Waals surface area contributed by atoms with E-state index in [0.717, 1.165) is 0 Å². The number of nitrogens with one attached hydrogen (secondary N) is 1. The summed E-state index contributed by atoms with van der Waals surface area (Å²) in [6, 6.07) is 2.41. The molecule has 0 aromatic carbocycles. The largest absolute Gasteiger partial charge is 0.480 e. The predicted octanol–water partition coefficient (Wildman–Crippen LogP) is 0.0991. The van der Waals surface area contributed by atoms with Crippen LogP contribution in [0.5, 0.6) is 0 Å². The van der Waals surface area contributed by atoms with E-state index in [1.54, 1.807) is 18.3 Å². The molecule has 0 saturated heterocycles. The topological polar surface area (TPSA) is 79.1 Å². The number of aliphatic carboxylic acids is 1. The van der Waals surface area contributed by atoms with Crippen LogP contribution in [0.2, 0.25) is 0 Å². The van der Waals surface area contributed by atoms with E-state index in [-0.39, 0.29) is 0 Å². The van der Waals surface area contributed by atoms with Gasteiger partial charge in [0.25, 0.3) is 0 Å². The minimum absolute atomic E-state index is 0.521. The van der Waals surface area contributed by atoms with Crippen molar-refractivity contribution >= 4 is 5.97 Å². The van der Waals surface area contributed by atoms with Crippen molar-refractivity contribution in [2.24, 2.45) is 5.73 Å². The van der Waals surface area contributed by atoms with Gasteiger partial charge in [-0.05, 0) is 12.1 Å². The number of hydrogen-bond donors (Lipinski definition) is 3. The van der Waals surface area contributed by atoms with E-state index < -0.39 is 12.0 Å². The molecule has 0 aliphatic heterocycles. The molecule has 1 aromatic rings. The molecule has 0 spiro atoms. The summed E-state index contributed by atoms with van der Waals surface area (Å²) < 4.78 is 0. The summed E-state index contributed by atoms with van der Waals surface area (Å²) in [5.74, 6) is -1.03. The van der Waals surface area contributed by atoms with Crippen LogP contribution < -0.4 is 5.73 Å². The second kappa shape index (κ2) is 2.53. The van der Waals surface area contributed by atoms with Crippen LogP contribution in [-0.4, -0.2) is 16.1 Å². The lowest BCUT2D eigenvalue weighted by Crippen LogP contribution is -2.20. The number of carboxylic acid groups (broad SMARTS) is 1. The van der Waals surface area contributed by atoms with Crippen LogP contribution >= 0.6 is 0 Å². The summed E-state index contributed by atoms with van der Waals surface area (Å²) in [5, 5.41) is 8.41. The van der Waals surface area contributed by atoms with Crippen LogP contribution in [-0.2, 0) is 4.79 Å². The molecule has 1 rings (SSSR count). The molecule has 0 radical (unpaired) electrons. The van der Waals surface area contributed by atoms with Crippen LogP contribution in [0.3, 0.4) is 0 Å². The van der Waals surface area contributed by atoms with Crippen LogP contribution in [0.1, 0.15) is 11.7 Å². The lowest BCUT2D eigenvalue weighted by atomic mass is 10.2. The SMILES string of the molecule is N[C@H](C(=O)O)c1ccc[nH]1. The van der Waals surface area contributed by atoms with Gasteiger partial charge in [-0.25, -0.2) is 0 Å². The highest BCUT2D eigenvalue weighted by molar-refractivity contribution is 5.74. The fourth-order valence-corrected chi connectivity index (χ4v) is 0.671. The predicted molar refractivity (Wildman–Crippen MR) is 35.4 cm³/mol. The molecule has 54 valence electrons. The van der Waals surface area contributed by atoms with Crippen LogP contribution in [0.15, 0.2) is 18.3 Å². The highest BCUT2D eigenvalue weighted by Crippen LogP contribution is 2.05. The minimum atomic E-state index is -1.03. The molecule has 0 fully saturated rings. The Morgan fingerprint density at radius 3 is 2.90 bits per heavy atom. The van der Waals surface area contributed by atoms with E-state index in [1.807, 2.05) is 0 Å².